The quantitative estimate of drug-likeness (QED) is 0.503. The van der Waals surface area contributed by atoms with Gasteiger partial charge in [0.05, 0.1) is 42.5 Å². The van der Waals surface area contributed by atoms with Gasteiger partial charge in [0.15, 0.2) is 0 Å². The van der Waals surface area contributed by atoms with Crippen LogP contribution in [0.15, 0.2) is 53.7 Å². The van der Waals surface area contributed by atoms with Gasteiger partial charge < -0.3 is 14.3 Å². The van der Waals surface area contributed by atoms with Gasteiger partial charge in [0.1, 0.15) is 11.9 Å². The lowest BCUT2D eigenvalue weighted by Gasteiger charge is -2.29. The standard InChI is InChI=1S/C26H24N2O6/c1-3-33-26(31)14-4-8-15(9-5-14)28-24(29)19-17-12-18(20(19)25(28)30)23-21(17)22(27-34-23)13-6-10-16(32-2)11-7-13/h4-11,17-21,23H,3,12H2,1-2H3/t17-,18-,19-,20-,21-,23+/m1/s1. The van der Waals surface area contributed by atoms with Gasteiger partial charge in [-0.2, -0.15) is 0 Å². The largest absolute Gasteiger partial charge is 0.497 e. The number of benzene rings is 2. The average molecular weight is 460 g/mol. The molecule has 2 aromatic carbocycles. The van der Waals surface area contributed by atoms with Crippen LogP contribution >= 0.6 is 0 Å². The first-order valence-electron chi connectivity index (χ1n) is 11.6. The molecule has 0 aromatic heterocycles. The van der Waals surface area contributed by atoms with E-state index in [0.29, 0.717) is 11.3 Å². The minimum atomic E-state index is -0.432. The second kappa shape index (κ2) is 7.68. The molecule has 0 radical (unpaired) electrons. The highest BCUT2D eigenvalue weighted by atomic mass is 16.6. The Balaban J connectivity index is 1.27. The maximum Gasteiger partial charge on any atom is 0.338 e. The summed E-state index contributed by atoms with van der Waals surface area (Å²) in [5.74, 6) is -0.863. The molecule has 2 heterocycles. The molecular weight excluding hydrogens is 436 g/mol. The van der Waals surface area contributed by atoms with E-state index in [1.165, 1.54) is 4.90 Å². The fourth-order valence-electron chi connectivity index (χ4n) is 6.34. The summed E-state index contributed by atoms with van der Waals surface area (Å²) in [6, 6.07) is 14.1. The number of esters is 1. The van der Waals surface area contributed by atoms with Gasteiger partial charge in [-0.05, 0) is 67.8 Å². The van der Waals surface area contributed by atoms with Crippen molar-refractivity contribution in [1.82, 2.24) is 0 Å². The van der Waals surface area contributed by atoms with Crippen LogP contribution in [0.5, 0.6) is 5.75 Å². The van der Waals surface area contributed by atoms with E-state index in [-0.39, 0.29) is 48.2 Å². The van der Waals surface area contributed by atoms with Crippen molar-refractivity contribution in [2.24, 2.45) is 34.7 Å². The first-order valence-corrected chi connectivity index (χ1v) is 11.6. The van der Waals surface area contributed by atoms with Crippen LogP contribution in [0.25, 0.3) is 0 Å². The molecule has 0 unspecified atom stereocenters. The Bertz CT molecular complexity index is 1200. The van der Waals surface area contributed by atoms with Gasteiger partial charge >= 0.3 is 5.97 Å². The number of methoxy groups -OCH3 is 1. The fraction of sp³-hybridized carbons (Fsp3) is 0.385. The Morgan fingerprint density at radius 2 is 1.68 bits per heavy atom. The second-order valence-corrected chi connectivity index (χ2v) is 9.20. The zero-order valence-electron chi connectivity index (χ0n) is 18.8. The zero-order valence-corrected chi connectivity index (χ0v) is 18.8. The average Bonchev–Trinajstić information content (AvgIpc) is 3.60. The number of nitrogens with zero attached hydrogens (tertiary/aromatic N) is 2. The SMILES string of the molecule is CCOC(=O)c1ccc(N2C(=O)[C@@H]3[C@H]4C[C@@H]([C@@H]5ON=C(c6ccc(OC)cc6)[C@@H]45)[C@H]3C2=O)cc1. The van der Waals surface area contributed by atoms with Crippen LogP contribution in [0.1, 0.15) is 29.3 Å². The van der Waals surface area contributed by atoms with Crippen LogP contribution in [0.2, 0.25) is 0 Å². The van der Waals surface area contributed by atoms with Crippen LogP contribution in [-0.2, 0) is 19.2 Å². The minimum Gasteiger partial charge on any atom is -0.497 e. The van der Waals surface area contributed by atoms with Gasteiger partial charge in [-0.25, -0.2) is 4.79 Å². The van der Waals surface area contributed by atoms with E-state index in [0.717, 1.165) is 23.4 Å². The van der Waals surface area contributed by atoms with Gasteiger partial charge in [0, 0.05) is 17.4 Å². The Kier molecular flexibility index (Phi) is 4.72. The third-order valence-corrected chi connectivity index (χ3v) is 7.71. The molecule has 6 atom stereocenters. The molecule has 2 bridgehead atoms. The molecule has 2 aliphatic heterocycles. The highest BCUT2D eigenvalue weighted by Gasteiger charge is 2.70. The molecule has 3 fully saturated rings. The molecule has 6 rings (SSSR count). The van der Waals surface area contributed by atoms with Crippen LogP contribution in [0.4, 0.5) is 5.69 Å². The third-order valence-electron chi connectivity index (χ3n) is 7.71. The second-order valence-electron chi connectivity index (χ2n) is 9.20. The Morgan fingerprint density at radius 1 is 1.00 bits per heavy atom. The Morgan fingerprint density at radius 3 is 2.32 bits per heavy atom. The molecule has 4 aliphatic rings. The van der Waals surface area contributed by atoms with Gasteiger partial charge in [-0.3, -0.25) is 14.5 Å². The minimum absolute atomic E-state index is 0.00334. The number of fused-ring (bicyclic) bond motifs is 8. The molecule has 2 aliphatic carbocycles. The molecular formula is C26H24N2O6. The highest BCUT2D eigenvalue weighted by Crippen LogP contribution is 2.62. The van der Waals surface area contributed by atoms with E-state index < -0.39 is 11.9 Å². The number of rotatable bonds is 5. The number of anilines is 1. The number of carbonyl (C=O) groups is 3. The summed E-state index contributed by atoms with van der Waals surface area (Å²) < 4.78 is 10.3. The zero-order chi connectivity index (χ0) is 23.6. The summed E-state index contributed by atoms with van der Waals surface area (Å²) in [7, 11) is 1.62. The third kappa shape index (κ3) is 2.84. The van der Waals surface area contributed by atoms with Crippen molar-refractivity contribution in [3.63, 3.8) is 0 Å². The van der Waals surface area contributed by atoms with Crippen molar-refractivity contribution >= 4 is 29.2 Å². The molecule has 8 heteroatoms. The molecule has 2 amide bonds. The number of carbonyl (C=O) groups excluding carboxylic acids is 3. The first-order chi connectivity index (χ1) is 16.5. The molecule has 1 saturated heterocycles. The summed E-state index contributed by atoms with van der Waals surface area (Å²) >= 11 is 0. The molecule has 34 heavy (non-hydrogen) atoms. The monoisotopic (exact) mass is 460 g/mol. The number of ether oxygens (including phenoxy) is 2. The van der Waals surface area contributed by atoms with Gasteiger partial charge in [0.2, 0.25) is 11.8 Å². The highest BCUT2D eigenvalue weighted by molar-refractivity contribution is 6.23. The van der Waals surface area contributed by atoms with Crippen LogP contribution < -0.4 is 9.64 Å². The number of oxime groups is 1. The van der Waals surface area contributed by atoms with Gasteiger partial charge in [-0.15, -0.1) is 0 Å². The molecule has 8 nitrogen and oxygen atoms in total. The molecule has 2 saturated carbocycles. The first kappa shape index (κ1) is 20.9. The van der Waals surface area contributed by atoms with Crippen molar-refractivity contribution in [3.05, 3.63) is 59.7 Å². The summed E-state index contributed by atoms with van der Waals surface area (Å²) in [6.07, 6.45) is 0.596. The van der Waals surface area contributed by atoms with Crippen LogP contribution in [0.3, 0.4) is 0 Å². The van der Waals surface area contributed by atoms with Crippen LogP contribution in [0, 0.1) is 29.6 Å². The molecule has 2 aromatic rings. The van der Waals surface area contributed by atoms with Gasteiger partial charge in [0.25, 0.3) is 0 Å². The van der Waals surface area contributed by atoms with E-state index in [4.69, 9.17) is 14.3 Å². The normalized spacial score (nSPS) is 30.6. The maximum absolute atomic E-state index is 13.5. The van der Waals surface area contributed by atoms with E-state index >= 15 is 0 Å². The molecule has 174 valence electrons. The number of hydrogen-bond acceptors (Lipinski definition) is 7. The number of hydrogen-bond donors (Lipinski definition) is 0. The smallest absolute Gasteiger partial charge is 0.338 e. The van der Waals surface area contributed by atoms with Crippen molar-refractivity contribution in [3.8, 4) is 5.75 Å². The predicted octanol–water partition coefficient (Wildman–Crippen LogP) is 3.05. The Hall–Kier alpha value is -3.68. The topological polar surface area (TPSA) is 94.5 Å². The van der Waals surface area contributed by atoms with Crippen molar-refractivity contribution in [1.29, 1.82) is 0 Å². The molecule has 0 N–H and O–H groups in total. The Labute approximate surface area is 196 Å². The summed E-state index contributed by atoms with van der Waals surface area (Å²) in [4.78, 5) is 46.1. The lowest BCUT2D eigenvalue weighted by Crippen LogP contribution is -2.41. The van der Waals surface area contributed by atoms with Gasteiger partial charge in [-0.1, -0.05) is 5.16 Å². The maximum atomic E-state index is 13.5. The number of imide groups is 1. The van der Waals surface area contributed by atoms with E-state index in [1.54, 1.807) is 38.3 Å². The van der Waals surface area contributed by atoms with Crippen molar-refractivity contribution in [2.75, 3.05) is 18.6 Å². The van der Waals surface area contributed by atoms with Crippen molar-refractivity contribution in [2.45, 2.75) is 19.4 Å². The van der Waals surface area contributed by atoms with E-state index in [1.807, 2.05) is 24.3 Å². The summed E-state index contributed by atoms with van der Waals surface area (Å²) in [5, 5.41) is 4.38. The predicted molar refractivity (Wildman–Crippen MR) is 121 cm³/mol. The fourth-order valence-corrected chi connectivity index (χ4v) is 6.34. The van der Waals surface area contributed by atoms with Crippen molar-refractivity contribution < 1.29 is 28.7 Å². The number of amides is 2. The van der Waals surface area contributed by atoms with Crippen LogP contribution in [-0.4, -0.2) is 43.3 Å². The molecule has 0 spiro atoms. The summed E-state index contributed by atoms with van der Waals surface area (Å²) in [5.41, 5.74) is 2.65. The van der Waals surface area contributed by atoms with E-state index in [2.05, 4.69) is 5.16 Å². The summed E-state index contributed by atoms with van der Waals surface area (Å²) in [6.45, 7) is 2.02. The van der Waals surface area contributed by atoms with E-state index in [9.17, 15) is 14.4 Å². The lowest BCUT2D eigenvalue weighted by atomic mass is 9.71. The lowest BCUT2D eigenvalue weighted by molar-refractivity contribution is -0.125.